The maximum atomic E-state index is 14.3. The van der Waals surface area contributed by atoms with Gasteiger partial charge in [0, 0.05) is 25.4 Å². The second-order valence-corrected chi connectivity index (χ2v) is 5.27. The van der Waals surface area contributed by atoms with Gasteiger partial charge in [-0.25, -0.2) is 8.78 Å². The summed E-state index contributed by atoms with van der Waals surface area (Å²) in [4.78, 5) is 11.1. The average molecular weight is 247 g/mol. The van der Waals surface area contributed by atoms with Crippen molar-refractivity contribution in [2.24, 2.45) is 17.8 Å². The summed E-state index contributed by atoms with van der Waals surface area (Å²) in [6.45, 7) is 2.98. The fourth-order valence-corrected chi connectivity index (χ4v) is 2.81. The van der Waals surface area contributed by atoms with E-state index in [4.69, 9.17) is 4.74 Å². The smallest absolute Gasteiger partial charge is 0.257 e. The van der Waals surface area contributed by atoms with E-state index in [2.05, 4.69) is 5.32 Å². The van der Waals surface area contributed by atoms with Gasteiger partial charge in [-0.1, -0.05) is 0 Å². The molecule has 2 unspecified atom stereocenters. The molecule has 3 atom stereocenters. The number of ketones is 1. The first-order valence-corrected chi connectivity index (χ1v) is 6.16. The number of carbonyl (C=O) groups is 1. The Balaban J connectivity index is 2.20. The van der Waals surface area contributed by atoms with E-state index in [1.54, 1.807) is 0 Å². The van der Waals surface area contributed by atoms with E-state index >= 15 is 0 Å². The Morgan fingerprint density at radius 2 is 2.18 bits per heavy atom. The summed E-state index contributed by atoms with van der Waals surface area (Å²) in [5.41, 5.74) is 0. The van der Waals surface area contributed by atoms with E-state index in [9.17, 15) is 13.6 Å². The number of ether oxygens (including phenoxy) is 1. The minimum Gasteiger partial charge on any atom is -0.381 e. The quantitative estimate of drug-likeness (QED) is 0.803. The standard InChI is InChI=1S/C12H19F2NO2/c1-8(16)2-10-3-9-4-15-5-11(7-17-6-9)12(10,13)14/h9-11,15H,2-7H2,1H3/t9?,10-,11?/m0/s1. The van der Waals surface area contributed by atoms with Crippen molar-refractivity contribution in [3.63, 3.8) is 0 Å². The Kier molecular flexibility index (Phi) is 3.78. The van der Waals surface area contributed by atoms with Gasteiger partial charge in [-0.05, 0) is 19.3 Å². The van der Waals surface area contributed by atoms with Crippen molar-refractivity contribution in [1.29, 1.82) is 0 Å². The van der Waals surface area contributed by atoms with Crippen molar-refractivity contribution in [3.05, 3.63) is 0 Å². The highest BCUT2D eigenvalue weighted by atomic mass is 19.3. The van der Waals surface area contributed by atoms with Gasteiger partial charge in [0.1, 0.15) is 5.78 Å². The van der Waals surface area contributed by atoms with Crippen molar-refractivity contribution < 1.29 is 18.3 Å². The van der Waals surface area contributed by atoms with Crippen LogP contribution in [0.5, 0.6) is 0 Å². The lowest BCUT2D eigenvalue weighted by atomic mass is 9.78. The highest BCUT2D eigenvalue weighted by Gasteiger charge is 2.49. The molecule has 0 aromatic carbocycles. The Hall–Kier alpha value is -0.550. The minimum absolute atomic E-state index is 0.0139. The molecule has 0 spiro atoms. The molecule has 3 aliphatic heterocycles. The molecule has 5 heteroatoms. The van der Waals surface area contributed by atoms with Crippen LogP contribution in [0.3, 0.4) is 0 Å². The molecule has 0 aliphatic carbocycles. The van der Waals surface area contributed by atoms with Crippen molar-refractivity contribution >= 4 is 5.78 Å². The first-order valence-electron chi connectivity index (χ1n) is 6.16. The zero-order valence-electron chi connectivity index (χ0n) is 10.0. The lowest BCUT2D eigenvalue weighted by Gasteiger charge is -2.40. The number of hydrogen-bond donors (Lipinski definition) is 1. The van der Waals surface area contributed by atoms with E-state index in [1.807, 2.05) is 0 Å². The van der Waals surface area contributed by atoms with Gasteiger partial charge in [0.15, 0.2) is 0 Å². The Morgan fingerprint density at radius 3 is 2.88 bits per heavy atom. The van der Waals surface area contributed by atoms with Crippen LogP contribution >= 0.6 is 0 Å². The van der Waals surface area contributed by atoms with Gasteiger partial charge < -0.3 is 14.8 Å². The molecule has 17 heavy (non-hydrogen) atoms. The maximum Gasteiger partial charge on any atom is 0.257 e. The molecule has 3 heterocycles. The third kappa shape index (κ3) is 2.83. The monoisotopic (exact) mass is 247 g/mol. The van der Waals surface area contributed by atoms with Gasteiger partial charge in [-0.2, -0.15) is 0 Å². The van der Waals surface area contributed by atoms with E-state index in [0.29, 0.717) is 19.6 Å². The third-order valence-electron chi connectivity index (χ3n) is 3.74. The summed E-state index contributed by atoms with van der Waals surface area (Å²) in [5.74, 6) is -4.50. The van der Waals surface area contributed by atoms with Crippen LogP contribution < -0.4 is 5.32 Å². The molecule has 3 rings (SSSR count). The van der Waals surface area contributed by atoms with Crippen LogP contribution in [0, 0.1) is 17.8 Å². The molecule has 0 radical (unpaired) electrons. The van der Waals surface area contributed by atoms with Crippen LogP contribution in [0.15, 0.2) is 0 Å². The molecule has 1 N–H and O–H groups in total. The molecule has 0 aromatic rings. The number of nitrogens with one attached hydrogen (secondary N) is 1. The number of halogens is 2. The second-order valence-electron chi connectivity index (χ2n) is 5.27. The summed E-state index contributed by atoms with van der Waals surface area (Å²) in [6.07, 6.45) is 0.357. The third-order valence-corrected chi connectivity index (χ3v) is 3.74. The lowest BCUT2D eigenvalue weighted by Crippen LogP contribution is -2.51. The Labute approximate surface area is 99.9 Å². The number of carbonyl (C=O) groups excluding carboxylic acids is 1. The summed E-state index contributed by atoms with van der Waals surface area (Å²) in [5, 5.41) is 3.07. The summed E-state index contributed by atoms with van der Waals surface area (Å²) in [6, 6.07) is 0. The summed E-state index contributed by atoms with van der Waals surface area (Å²) < 4.78 is 33.9. The van der Waals surface area contributed by atoms with Gasteiger partial charge in [0.05, 0.1) is 19.1 Å². The van der Waals surface area contributed by atoms with Gasteiger partial charge in [0.25, 0.3) is 5.92 Å². The molecule has 3 nitrogen and oxygen atoms in total. The highest BCUT2D eigenvalue weighted by molar-refractivity contribution is 5.75. The molecular weight excluding hydrogens is 228 g/mol. The lowest BCUT2D eigenvalue weighted by molar-refractivity contribution is -0.162. The number of Topliss-reactive ketones (excluding diaryl/α,β-unsaturated/α-hetero) is 1. The van der Waals surface area contributed by atoms with Crippen LogP contribution in [-0.4, -0.2) is 38.0 Å². The first-order chi connectivity index (χ1) is 8.00. The minimum atomic E-state index is -2.81. The molecule has 0 aromatic heterocycles. The molecule has 98 valence electrons. The SMILES string of the molecule is CC(=O)C[C@H]1CC2CNCC(COC2)C1(F)F. The number of fused-ring (bicyclic) bond motifs is 6. The average Bonchev–Trinajstić information content (AvgIpc) is 2.17. The Morgan fingerprint density at radius 1 is 1.41 bits per heavy atom. The Bertz CT molecular complexity index is 286. The number of hydrogen-bond acceptors (Lipinski definition) is 3. The number of rotatable bonds is 2. The second kappa shape index (κ2) is 4.98. The normalized spacial score (nSPS) is 37.0. The van der Waals surface area contributed by atoms with Gasteiger partial charge in [0.2, 0.25) is 0 Å². The molecular formula is C12H19F2NO2. The molecule has 2 bridgehead atoms. The first kappa shape index (κ1) is 12.9. The van der Waals surface area contributed by atoms with Gasteiger partial charge in [-0.15, -0.1) is 0 Å². The molecule has 0 amide bonds. The van der Waals surface area contributed by atoms with E-state index < -0.39 is 17.8 Å². The summed E-state index contributed by atoms with van der Waals surface area (Å²) >= 11 is 0. The zero-order chi connectivity index (χ0) is 12.5. The van der Waals surface area contributed by atoms with Crippen molar-refractivity contribution in [2.45, 2.75) is 25.7 Å². The molecule has 0 saturated carbocycles. The largest absolute Gasteiger partial charge is 0.381 e. The molecule has 3 fully saturated rings. The van der Waals surface area contributed by atoms with Crippen LogP contribution in [0.2, 0.25) is 0 Å². The van der Waals surface area contributed by atoms with Gasteiger partial charge in [-0.3, -0.25) is 0 Å². The van der Waals surface area contributed by atoms with Crippen LogP contribution in [0.25, 0.3) is 0 Å². The van der Waals surface area contributed by atoms with Gasteiger partial charge >= 0.3 is 0 Å². The highest BCUT2D eigenvalue weighted by Crippen LogP contribution is 2.41. The molecule has 3 aliphatic rings. The van der Waals surface area contributed by atoms with Crippen molar-refractivity contribution in [2.75, 3.05) is 26.3 Å². The van der Waals surface area contributed by atoms with E-state index in [1.165, 1.54) is 6.92 Å². The van der Waals surface area contributed by atoms with Crippen molar-refractivity contribution in [1.82, 2.24) is 5.32 Å². The predicted octanol–water partition coefficient (Wildman–Crippen LogP) is 1.47. The topological polar surface area (TPSA) is 38.3 Å². The molecule has 3 saturated heterocycles. The maximum absolute atomic E-state index is 14.3. The van der Waals surface area contributed by atoms with E-state index in [-0.39, 0.29) is 31.3 Å². The number of alkyl halides is 2. The summed E-state index contributed by atoms with van der Waals surface area (Å²) in [7, 11) is 0. The van der Waals surface area contributed by atoms with Crippen LogP contribution in [-0.2, 0) is 9.53 Å². The van der Waals surface area contributed by atoms with Crippen LogP contribution in [0.1, 0.15) is 19.8 Å². The fraction of sp³-hybridized carbons (Fsp3) is 0.917. The van der Waals surface area contributed by atoms with Crippen LogP contribution in [0.4, 0.5) is 8.78 Å². The zero-order valence-corrected chi connectivity index (χ0v) is 10.0. The fourth-order valence-electron chi connectivity index (χ4n) is 2.81. The predicted molar refractivity (Wildman–Crippen MR) is 59.0 cm³/mol. The van der Waals surface area contributed by atoms with Crippen molar-refractivity contribution in [3.8, 4) is 0 Å². The van der Waals surface area contributed by atoms with E-state index in [0.717, 1.165) is 0 Å².